The summed E-state index contributed by atoms with van der Waals surface area (Å²) in [6.45, 7) is 6.22. The van der Waals surface area contributed by atoms with Gasteiger partial charge in [-0.15, -0.1) is 0 Å². The van der Waals surface area contributed by atoms with Crippen LogP contribution >= 0.6 is 0 Å². The van der Waals surface area contributed by atoms with Gasteiger partial charge in [0.05, 0.1) is 18.1 Å². The summed E-state index contributed by atoms with van der Waals surface area (Å²) in [6.07, 6.45) is 0. The van der Waals surface area contributed by atoms with E-state index in [1.54, 1.807) is 0 Å². The summed E-state index contributed by atoms with van der Waals surface area (Å²) in [7, 11) is -6.02. The summed E-state index contributed by atoms with van der Waals surface area (Å²) in [5.41, 5.74) is 0. The minimum atomic E-state index is -3.32. The Balaban J connectivity index is 2.47. The van der Waals surface area contributed by atoms with Gasteiger partial charge in [0.1, 0.15) is 0 Å². The zero-order chi connectivity index (χ0) is 19.3. The number of sulfone groups is 1. The Kier molecular flexibility index (Phi) is 6.79. The quantitative estimate of drug-likeness (QED) is 0.698. The first-order chi connectivity index (χ1) is 12.2. The summed E-state index contributed by atoms with van der Waals surface area (Å²) in [4.78, 5) is 0. The lowest BCUT2D eigenvalue weighted by atomic mass is 10.2. The Morgan fingerprint density at radius 1 is 0.885 bits per heavy atom. The van der Waals surface area contributed by atoms with Crippen molar-refractivity contribution in [3.8, 4) is 0 Å². The Hall–Kier alpha value is -1.47. The number of hydrogen-bond acceptors (Lipinski definition) is 4. The Morgan fingerprint density at radius 2 is 1.35 bits per heavy atom. The fraction of sp³-hybridized carbons (Fsp3) is 0.400. The maximum absolute atomic E-state index is 12.0. The van der Waals surface area contributed by atoms with Crippen LogP contribution in [0.25, 0.3) is 0 Å². The monoisotopic (exact) mass is 392 g/mol. The van der Waals surface area contributed by atoms with Gasteiger partial charge in [0, 0.05) is 6.61 Å². The van der Waals surface area contributed by atoms with Crippen LogP contribution < -0.4 is 10.4 Å². The van der Waals surface area contributed by atoms with E-state index in [1.165, 1.54) is 0 Å². The van der Waals surface area contributed by atoms with Gasteiger partial charge >= 0.3 is 0 Å². The van der Waals surface area contributed by atoms with Crippen LogP contribution in [0.4, 0.5) is 0 Å². The number of benzene rings is 2. The SMILES string of the molecule is CC(C)(C)[Si](OCCS(=O)(=O)CCO)(c1ccccc1)c1ccccc1. The van der Waals surface area contributed by atoms with Gasteiger partial charge in [-0.1, -0.05) is 81.4 Å². The molecule has 0 spiro atoms. The molecule has 2 aromatic carbocycles. The molecule has 142 valence electrons. The first-order valence-corrected chi connectivity index (χ1v) is 12.5. The smallest absolute Gasteiger partial charge is 0.261 e. The molecule has 0 bridgehead atoms. The van der Waals surface area contributed by atoms with Crippen LogP contribution in [0.5, 0.6) is 0 Å². The molecule has 0 aromatic heterocycles. The summed E-state index contributed by atoms with van der Waals surface area (Å²) < 4.78 is 30.6. The Morgan fingerprint density at radius 3 is 1.73 bits per heavy atom. The summed E-state index contributed by atoms with van der Waals surface area (Å²) >= 11 is 0. The molecule has 1 N–H and O–H groups in total. The zero-order valence-corrected chi connectivity index (χ0v) is 17.5. The fourth-order valence-corrected chi connectivity index (χ4v) is 8.86. The minimum Gasteiger partial charge on any atom is -0.406 e. The molecule has 0 fully saturated rings. The zero-order valence-electron chi connectivity index (χ0n) is 15.7. The molecule has 0 aliphatic rings. The van der Waals surface area contributed by atoms with Crippen molar-refractivity contribution in [3.63, 3.8) is 0 Å². The van der Waals surface area contributed by atoms with Crippen molar-refractivity contribution in [2.45, 2.75) is 25.8 Å². The van der Waals surface area contributed by atoms with E-state index in [0.29, 0.717) is 0 Å². The van der Waals surface area contributed by atoms with E-state index in [2.05, 4.69) is 45.0 Å². The average Bonchev–Trinajstić information content (AvgIpc) is 2.59. The lowest BCUT2D eigenvalue weighted by Gasteiger charge is -2.43. The molecule has 2 aromatic rings. The topological polar surface area (TPSA) is 63.6 Å². The van der Waals surface area contributed by atoms with Crippen LogP contribution in [-0.2, 0) is 14.3 Å². The van der Waals surface area contributed by atoms with Crippen molar-refractivity contribution in [2.24, 2.45) is 0 Å². The Bertz CT molecular complexity index is 744. The van der Waals surface area contributed by atoms with Crippen LogP contribution in [0, 0.1) is 0 Å². The summed E-state index contributed by atoms with van der Waals surface area (Å²) in [6, 6.07) is 20.2. The van der Waals surface area contributed by atoms with Crippen molar-refractivity contribution in [3.05, 3.63) is 60.7 Å². The van der Waals surface area contributed by atoms with E-state index in [1.807, 2.05) is 36.4 Å². The van der Waals surface area contributed by atoms with Gasteiger partial charge < -0.3 is 9.53 Å². The molecule has 0 heterocycles. The van der Waals surface area contributed by atoms with E-state index in [4.69, 9.17) is 9.53 Å². The highest BCUT2D eigenvalue weighted by Crippen LogP contribution is 2.36. The molecule has 0 unspecified atom stereocenters. The third-order valence-corrected chi connectivity index (χ3v) is 11.2. The molecule has 0 aliphatic carbocycles. The van der Waals surface area contributed by atoms with Gasteiger partial charge in [-0.2, -0.15) is 0 Å². The van der Waals surface area contributed by atoms with Crippen LogP contribution in [0.3, 0.4) is 0 Å². The number of aliphatic hydroxyl groups excluding tert-OH is 1. The van der Waals surface area contributed by atoms with E-state index in [9.17, 15) is 8.42 Å². The molecular formula is C20H28O4SSi. The lowest BCUT2D eigenvalue weighted by molar-refractivity contribution is 0.312. The van der Waals surface area contributed by atoms with Crippen LogP contribution in [0.1, 0.15) is 20.8 Å². The summed E-state index contributed by atoms with van der Waals surface area (Å²) in [5, 5.41) is 11.0. The molecule has 4 nitrogen and oxygen atoms in total. The number of aliphatic hydroxyl groups is 1. The van der Waals surface area contributed by atoms with Crippen molar-refractivity contribution in [1.29, 1.82) is 0 Å². The maximum Gasteiger partial charge on any atom is 0.261 e. The van der Waals surface area contributed by atoms with Crippen molar-refractivity contribution in [2.75, 3.05) is 24.7 Å². The second-order valence-electron chi connectivity index (χ2n) is 7.39. The number of rotatable bonds is 8. The second kappa shape index (κ2) is 8.48. The molecular weight excluding hydrogens is 364 g/mol. The van der Waals surface area contributed by atoms with Crippen LogP contribution in [0.15, 0.2) is 60.7 Å². The molecule has 0 aliphatic heterocycles. The van der Waals surface area contributed by atoms with Gasteiger partial charge in [0.15, 0.2) is 9.84 Å². The van der Waals surface area contributed by atoms with Gasteiger partial charge in [0.25, 0.3) is 8.32 Å². The average molecular weight is 393 g/mol. The third-order valence-electron chi connectivity index (χ3n) is 4.53. The highest BCUT2D eigenvalue weighted by atomic mass is 32.2. The highest BCUT2D eigenvalue weighted by molar-refractivity contribution is 7.91. The second-order valence-corrected chi connectivity index (χ2v) is 14.0. The maximum atomic E-state index is 12.0. The van der Waals surface area contributed by atoms with E-state index >= 15 is 0 Å². The molecule has 0 saturated heterocycles. The van der Waals surface area contributed by atoms with Gasteiger partial charge in [-0.05, 0) is 15.4 Å². The van der Waals surface area contributed by atoms with Crippen molar-refractivity contribution < 1.29 is 18.0 Å². The van der Waals surface area contributed by atoms with E-state index in [0.717, 1.165) is 10.4 Å². The van der Waals surface area contributed by atoms with Crippen LogP contribution in [-0.4, -0.2) is 46.6 Å². The first-order valence-electron chi connectivity index (χ1n) is 8.79. The third kappa shape index (κ3) is 4.62. The molecule has 6 heteroatoms. The van der Waals surface area contributed by atoms with E-state index in [-0.39, 0.29) is 29.8 Å². The number of hydrogen-bond donors (Lipinski definition) is 1. The predicted molar refractivity (Wildman–Crippen MR) is 109 cm³/mol. The molecule has 0 radical (unpaired) electrons. The molecule has 0 saturated carbocycles. The van der Waals surface area contributed by atoms with Crippen LogP contribution in [0.2, 0.25) is 5.04 Å². The standard InChI is InChI=1S/C20H28O4SSi/c1-20(2,3)26(18-10-6-4-7-11-18,19-12-8-5-9-13-19)24-15-17-25(22,23)16-14-21/h4-13,21H,14-17H2,1-3H3. The molecule has 0 amide bonds. The highest BCUT2D eigenvalue weighted by Gasteiger charge is 2.50. The van der Waals surface area contributed by atoms with Gasteiger partial charge in [-0.25, -0.2) is 8.42 Å². The fourth-order valence-electron chi connectivity index (χ4n) is 3.32. The van der Waals surface area contributed by atoms with Crippen molar-refractivity contribution >= 4 is 28.5 Å². The lowest BCUT2D eigenvalue weighted by Crippen LogP contribution is -2.66. The normalized spacial score (nSPS) is 12.9. The van der Waals surface area contributed by atoms with Crippen molar-refractivity contribution in [1.82, 2.24) is 0 Å². The van der Waals surface area contributed by atoms with E-state index < -0.39 is 18.2 Å². The largest absolute Gasteiger partial charge is 0.406 e. The molecule has 2 rings (SSSR count). The molecule has 26 heavy (non-hydrogen) atoms. The first kappa shape index (κ1) is 20.8. The molecule has 0 atom stereocenters. The Labute approximate surface area is 157 Å². The minimum absolute atomic E-state index is 0.0853. The van der Waals surface area contributed by atoms with Gasteiger partial charge in [0.2, 0.25) is 0 Å². The summed E-state index contributed by atoms with van der Waals surface area (Å²) in [5.74, 6) is -0.310. The van der Waals surface area contributed by atoms with Gasteiger partial charge in [-0.3, -0.25) is 0 Å². The predicted octanol–water partition coefficient (Wildman–Crippen LogP) is 1.97.